The van der Waals surface area contributed by atoms with Gasteiger partial charge >= 0.3 is 0 Å². The van der Waals surface area contributed by atoms with E-state index in [0.717, 1.165) is 17.9 Å². The van der Waals surface area contributed by atoms with Crippen LogP contribution in [0.5, 0.6) is 0 Å². The largest absolute Gasteiger partial charge is 0.394 e. The monoisotopic (exact) mass is 237 g/mol. The minimum Gasteiger partial charge on any atom is -0.394 e. The van der Waals surface area contributed by atoms with Crippen LogP contribution in [0.2, 0.25) is 0 Å². The number of nitrogens with zero attached hydrogens (tertiary/aromatic N) is 2. The van der Waals surface area contributed by atoms with Gasteiger partial charge in [0.05, 0.1) is 25.9 Å². The summed E-state index contributed by atoms with van der Waals surface area (Å²) in [6.07, 6.45) is 1.76. The summed E-state index contributed by atoms with van der Waals surface area (Å²) < 4.78 is 5.35. The maximum atomic E-state index is 9.33. The van der Waals surface area contributed by atoms with Crippen LogP contribution in [0.1, 0.15) is 18.5 Å². The molecule has 5 nitrogen and oxygen atoms in total. The van der Waals surface area contributed by atoms with Crippen LogP contribution in [0.4, 0.5) is 5.82 Å². The second kappa shape index (κ2) is 5.44. The van der Waals surface area contributed by atoms with E-state index in [1.165, 1.54) is 0 Å². The van der Waals surface area contributed by atoms with Gasteiger partial charge in [-0.25, -0.2) is 4.98 Å². The van der Waals surface area contributed by atoms with Crippen molar-refractivity contribution in [3.8, 4) is 0 Å². The Balaban J connectivity index is 2.22. The summed E-state index contributed by atoms with van der Waals surface area (Å²) in [6, 6.07) is 3.88. The zero-order valence-corrected chi connectivity index (χ0v) is 10.0. The van der Waals surface area contributed by atoms with E-state index >= 15 is 0 Å². The predicted octanol–water partition coefficient (Wildman–Crippen LogP) is 0.299. The number of hydrogen-bond donors (Lipinski definition) is 2. The minimum atomic E-state index is -0.0143. The molecule has 1 saturated heterocycles. The molecular weight excluding hydrogens is 218 g/mol. The van der Waals surface area contributed by atoms with Crippen LogP contribution >= 0.6 is 0 Å². The summed E-state index contributed by atoms with van der Waals surface area (Å²) in [7, 11) is 0. The van der Waals surface area contributed by atoms with E-state index in [9.17, 15) is 5.11 Å². The second-order valence-electron chi connectivity index (χ2n) is 4.34. The first-order valence-corrected chi connectivity index (χ1v) is 5.89. The molecule has 0 saturated carbocycles. The summed E-state index contributed by atoms with van der Waals surface area (Å²) in [5, 5.41) is 9.33. The molecule has 1 aliphatic rings. The third-order valence-electron chi connectivity index (χ3n) is 3.03. The molecule has 1 aliphatic heterocycles. The van der Waals surface area contributed by atoms with Crippen molar-refractivity contribution >= 4 is 5.82 Å². The van der Waals surface area contributed by atoms with Gasteiger partial charge in [-0.1, -0.05) is 0 Å². The van der Waals surface area contributed by atoms with Gasteiger partial charge in [0.2, 0.25) is 0 Å². The topological polar surface area (TPSA) is 71.6 Å². The fraction of sp³-hybridized carbons (Fsp3) is 0.583. The zero-order chi connectivity index (χ0) is 12.3. The molecule has 17 heavy (non-hydrogen) atoms. The van der Waals surface area contributed by atoms with E-state index < -0.39 is 0 Å². The predicted molar refractivity (Wildman–Crippen MR) is 65.9 cm³/mol. The number of hydrogen-bond acceptors (Lipinski definition) is 5. The molecule has 1 fully saturated rings. The molecule has 0 radical (unpaired) electrons. The standard InChI is InChI=1S/C12H19N3O2/c1-9(13)10-2-3-14-12(6-10)15-4-5-17-8-11(15)7-16/h2-3,6,9,11,16H,4-5,7-8,13H2,1H3. The number of nitrogens with two attached hydrogens (primary N) is 1. The number of anilines is 1. The number of aromatic nitrogens is 1. The quantitative estimate of drug-likeness (QED) is 0.791. The number of aliphatic hydroxyl groups is 1. The van der Waals surface area contributed by atoms with Crippen molar-refractivity contribution in [2.45, 2.75) is 19.0 Å². The maximum absolute atomic E-state index is 9.33. The van der Waals surface area contributed by atoms with Crippen LogP contribution in [0.25, 0.3) is 0 Å². The van der Waals surface area contributed by atoms with Gasteiger partial charge in [-0.3, -0.25) is 0 Å². The zero-order valence-electron chi connectivity index (χ0n) is 10.0. The first-order chi connectivity index (χ1) is 8.22. The Labute approximate surface area is 101 Å². The molecule has 0 spiro atoms. The highest BCUT2D eigenvalue weighted by atomic mass is 16.5. The average Bonchev–Trinajstić information content (AvgIpc) is 2.39. The van der Waals surface area contributed by atoms with Gasteiger partial charge in [-0.2, -0.15) is 0 Å². The number of morpholine rings is 1. The van der Waals surface area contributed by atoms with Gasteiger partial charge in [0, 0.05) is 18.8 Å². The van der Waals surface area contributed by atoms with Gasteiger partial charge in [-0.15, -0.1) is 0 Å². The molecule has 2 unspecified atom stereocenters. The number of pyridine rings is 1. The fourth-order valence-corrected chi connectivity index (χ4v) is 1.98. The average molecular weight is 237 g/mol. The lowest BCUT2D eigenvalue weighted by atomic mass is 10.1. The second-order valence-corrected chi connectivity index (χ2v) is 4.34. The molecule has 0 aromatic carbocycles. The van der Waals surface area contributed by atoms with Crippen LogP contribution in [0.15, 0.2) is 18.3 Å². The molecule has 2 heterocycles. The van der Waals surface area contributed by atoms with Gasteiger partial charge < -0.3 is 20.5 Å². The smallest absolute Gasteiger partial charge is 0.129 e. The summed E-state index contributed by atoms with van der Waals surface area (Å²) in [4.78, 5) is 6.43. The lowest BCUT2D eigenvalue weighted by Gasteiger charge is -2.35. The Morgan fingerprint density at radius 1 is 1.71 bits per heavy atom. The van der Waals surface area contributed by atoms with Crippen molar-refractivity contribution in [3.05, 3.63) is 23.9 Å². The SMILES string of the molecule is CC(N)c1ccnc(N2CCOCC2CO)c1. The number of rotatable bonds is 3. The van der Waals surface area contributed by atoms with E-state index in [4.69, 9.17) is 10.5 Å². The molecule has 1 aromatic heterocycles. The molecule has 2 rings (SSSR count). The van der Waals surface area contributed by atoms with Crippen molar-refractivity contribution in [2.24, 2.45) is 5.73 Å². The first-order valence-electron chi connectivity index (χ1n) is 5.89. The lowest BCUT2D eigenvalue weighted by molar-refractivity contribution is 0.0723. The first kappa shape index (κ1) is 12.3. The normalized spacial score (nSPS) is 22.5. The van der Waals surface area contributed by atoms with Crippen molar-refractivity contribution in [2.75, 3.05) is 31.3 Å². The number of ether oxygens (including phenoxy) is 1. The third-order valence-corrected chi connectivity index (χ3v) is 3.03. The van der Waals surface area contributed by atoms with Crippen molar-refractivity contribution in [1.82, 2.24) is 4.98 Å². The maximum Gasteiger partial charge on any atom is 0.129 e. The third kappa shape index (κ3) is 2.74. The Bertz CT molecular complexity index is 371. The van der Waals surface area contributed by atoms with E-state index in [2.05, 4.69) is 9.88 Å². The summed E-state index contributed by atoms with van der Waals surface area (Å²) >= 11 is 0. The molecule has 0 aliphatic carbocycles. The Kier molecular flexibility index (Phi) is 3.93. The molecular formula is C12H19N3O2. The molecule has 5 heteroatoms. The summed E-state index contributed by atoms with van der Waals surface area (Å²) in [6.45, 7) is 3.98. The van der Waals surface area contributed by atoms with Crippen molar-refractivity contribution < 1.29 is 9.84 Å². The Morgan fingerprint density at radius 2 is 2.53 bits per heavy atom. The lowest BCUT2D eigenvalue weighted by Crippen LogP contribution is -2.48. The van der Waals surface area contributed by atoms with Gasteiger partial charge in [0.1, 0.15) is 5.82 Å². The highest BCUT2D eigenvalue weighted by Gasteiger charge is 2.23. The highest BCUT2D eigenvalue weighted by Crippen LogP contribution is 2.20. The molecule has 2 atom stereocenters. The van der Waals surface area contributed by atoms with E-state index in [1.54, 1.807) is 6.20 Å². The van der Waals surface area contributed by atoms with E-state index in [-0.39, 0.29) is 18.7 Å². The Morgan fingerprint density at radius 3 is 3.24 bits per heavy atom. The molecule has 1 aromatic rings. The van der Waals surface area contributed by atoms with Crippen molar-refractivity contribution in [1.29, 1.82) is 0 Å². The molecule has 94 valence electrons. The van der Waals surface area contributed by atoms with Crippen molar-refractivity contribution in [3.63, 3.8) is 0 Å². The van der Waals surface area contributed by atoms with Crippen LogP contribution in [-0.4, -0.2) is 42.5 Å². The van der Waals surface area contributed by atoms with Crippen LogP contribution in [-0.2, 0) is 4.74 Å². The highest BCUT2D eigenvalue weighted by molar-refractivity contribution is 5.43. The van der Waals surface area contributed by atoms with Gasteiger partial charge in [0.25, 0.3) is 0 Å². The summed E-state index contributed by atoms with van der Waals surface area (Å²) in [5.41, 5.74) is 6.91. The Hall–Kier alpha value is -1.17. The van der Waals surface area contributed by atoms with Crippen LogP contribution in [0, 0.1) is 0 Å². The molecule has 0 bridgehead atoms. The molecule has 0 amide bonds. The fourth-order valence-electron chi connectivity index (χ4n) is 1.98. The van der Waals surface area contributed by atoms with Gasteiger partial charge in [0.15, 0.2) is 0 Å². The van der Waals surface area contributed by atoms with E-state index in [1.807, 2.05) is 19.1 Å². The number of aliphatic hydroxyl groups excluding tert-OH is 1. The summed E-state index contributed by atoms with van der Waals surface area (Å²) in [5.74, 6) is 0.863. The molecule has 3 N–H and O–H groups in total. The van der Waals surface area contributed by atoms with Crippen LogP contribution in [0.3, 0.4) is 0 Å². The van der Waals surface area contributed by atoms with E-state index in [0.29, 0.717) is 13.2 Å². The van der Waals surface area contributed by atoms with Crippen LogP contribution < -0.4 is 10.6 Å². The minimum absolute atomic E-state index is 0.00892. The van der Waals surface area contributed by atoms with Gasteiger partial charge in [-0.05, 0) is 24.6 Å².